The number of esters is 1. The molecule has 0 spiro atoms. The summed E-state index contributed by atoms with van der Waals surface area (Å²) in [6.07, 6.45) is 1.69. The fraction of sp³-hybridized carbons (Fsp3) is 0.787. The molecule has 2 N–H and O–H groups in total. The fourth-order valence-corrected chi connectivity index (χ4v) is 12.0. The van der Waals surface area contributed by atoms with Gasteiger partial charge in [0.05, 0.1) is 43.0 Å². The van der Waals surface area contributed by atoms with Crippen LogP contribution in [-0.4, -0.2) is 137 Å². The van der Waals surface area contributed by atoms with Gasteiger partial charge in [-0.15, -0.1) is 0 Å². The minimum absolute atomic E-state index is 0.0540. The predicted molar refractivity (Wildman–Crippen MR) is 225 cm³/mol. The van der Waals surface area contributed by atoms with E-state index in [-0.39, 0.29) is 72.2 Å². The van der Waals surface area contributed by atoms with Crippen molar-refractivity contribution in [3.8, 4) is 0 Å². The molecular formula is C47H70F2N2O11. The smallest absolute Gasteiger partial charge is 0.306 e. The number of ketones is 1. The summed E-state index contributed by atoms with van der Waals surface area (Å²) in [6, 6.07) is 2.65. The molecule has 5 fully saturated rings. The van der Waals surface area contributed by atoms with Gasteiger partial charge in [0, 0.05) is 51.0 Å². The lowest BCUT2D eigenvalue weighted by molar-refractivity contribution is -0.314. The van der Waals surface area contributed by atoms with Crippen LogP contribution in [0.1, 0.15) is 85.5 Å². The number of ether oxygens (including phenoxy) is 8. The molecule has 0 radical (unpaired) electrons. The summed E-state index contributed by atoms with van der Waals surface area (Å²) in [5.74, 6) is -4.63. The van der Waals surface area contributed by atoms with Crippen LogP contribution in [0, 0.1) is 47.1 Å². The molecule has 3 unspecified atom stereocenters. The summed E-state index contributed by atoms with van der Waals surface area (Å²) in [6.45, 7) is 7.85. The zero-order valence-electron chi connectivity index (χ0n) is 37.9. The number of hydrogen-bond donors (Lipinski definition) is 2. The Morgan fingerprint density at radius 1 is 0.855 bits per heavy atom. The van der Waals surface area contributed by atoms with E-state index < -0.39 is 78.4 Å². The van der Waals surface area contributed by atoms with Crippen LogP contribution in [0.4, 0.5) is 14.5 Å². The molecule has 62 heavy (non-hydrogen) atoms. The number of likely N-dealkylation sites (N-methyl/N-ethyl adjacent to an activating group) is 1. The van der Waals surface area contributed by atoms with Crippen molar-refractivity contribution in [2.75, 3.05) is 40.7 Å². The maximum Gasteiger partial charge on any atom is 0.306 e. The molecule has 7 rings (SSSR count). The first kappa shape index (κ1) is 47.4. The van der Waals surface area contributed by atoms with Crippen molar-refractivity contribution in [2.45, 2.75) is 165 Å². The number of aliphatic hydroxyl groups excluding tert-OH is 1. The topological polar surface area (TPSA) is 143 Å². The van der Waals surface area contributed by atoms with Crippen LogP contribution in [0.2, 0.25) is 0 Å². The second-order valence-corrected chi connectivity index (χ2v) is 18.9. The highest BCUT2D eigenvalue weighted by atomic mass is 19.1. The average molecular weight is 877 g/mol. The van der Waals surface area contributed by atoms with Gasteiger partial charge in [0.2, 0.25) is 0 Å². The van der Waals surface area contributed by atoms with E-state index in [0.717, 1.165) is 12.5 Å². The molecule has 15 heteroatoms. The lowest BCUT2D eigenvalue weighted by Gasteiger charge is -2.47. The zero-order valence-corrected chi connectivity index (χ0v) is 37.9. The Hall–Kier alpha value is -2.60. The number of allylic oxidation sites excluding steroid dienone is 2. The number of nitrogens with zero attached hydrogens (tertiary/aromatic N) is 1. The number of halogens is 2. The van der Waals surface area contributed by atoms with Crippen molar-refractivity contribution >= 4 is 17.4 Å². The molecule has 2 saturated carbocycles. The molecule has 3 saturated heterocycles. The van der Waals surface area contributed by atoms with Crippen LogP contribution in [0.25, 0.3) is 0 Å². The van der Waals surface area contributed by atoms with E-state index in [1.54, 1.807) is 21.3 Å². The van der Waals surface area contributed by atoms with Crippen LogP contribution in [0.15, 0.2) is 29.8 Å². The van der Waals surface area contributed by atoms with Gasteiger partial charge in [-0.05, 0) is 121 Å². The van der Waals surface area contributed by atoms with E-state index in [2.05, 4.69) is 17.1 Å². The van der Waals surface area contributed by atoms with Gasteiger partial charge in [0.25, 0.3) is 0 Å². The van der Waals surface area contributed by atoms with Crippen molar-refractivity contribution in [3.05, 3.63) is 41.5 Å². The number of anilines is 1. The van der Waals surface area contributed by atoms with Crippen molar-refractivity contribution in [1.82, 2.24) is 4.90 Å². The van der Waals surface area contributed by atoms with E-state index in [1.807, 2.05) is 40.9 Å². The quantitative estimate of drug-likeness (QED) is 0.250. The molecule has 0 bridgehead atoms. The number of methoxy groups -OCH3 is 3. The number of aliphatic hydroxyl groups is 1. The van der Waals surface area contributed by atoms with Gasteiger partial charge in [0.15, 0.2) is 18.4 Å². The number of carbonyl (C=O) groups is 2. The summed E-state index contributed by atoms with van der Waals surface area (Å²) in [7, 11) is 8.87. The lowest BCUT2D eigenvalue weighted by Crippen LogP contribution is -2.59. The Labute approximate surface area is 365 Å². The van der Waals surface area contributed by atoms with E-state index in [1.165, 1.54) is 12.1 Å². The van der Waals surface area contributed by atoms with Crippen LogP contribution >= 0.6 is 0 Å². The summed E-state index contributed by atoms with van der Waals surface area (Å²) in [5, 5.41) is 15.8. The summed E-state index contributed by atoms with van der Waals surface area (Å²) >= 11 is 0. The zero-order chi connectivity index (χ0) is 44.6. The molecule has 19 atom stereocenters. The van der Waals surface area contributed by atoms with Crippen LogP contribution in [-0.2, 0) is 47.5 Å². The second kappa shape index (κ2) is 20.3. The van der Waals surface area contributed by atoms with Crippen LogP contribution in [0.5, 0.6) is 0 Å². The van der Waals surface area contributed by atoms with Gasteiger partial charge in [-0.2, -0.15) is 0 Å². The van der Waals surface area contributed by atoms with Crippen LogP contribution in [0.3, 0.4) is 0 Å². The molecule has 3 aliphatic heterocycles. The molecule has 3 heterocycles. The Kier molecular flexibility index (Phi) is 15.5. The van der Waals surface area contributed by atoms with E-state index >= 15 is 4.79 Å². The third-order valence-corrected chi connectivity index (χ3v) is 15.1. The highest BCUT2D eigenvalue weighted by Crippen LogP contribution is 2.57. The van der Waals surface area contributed by atoms with E-state index in [0.29, 0.717) is 50.5 Å². The van der Waals surface area contributed by atoms with Gasteiger partial charge in [0.1, 0.15) is 36.1 Å². The number of rotatable bonds is 11. The first-order valence-electron chi connectivity index (χ1n) is 22.9. The largest absolute Gasteiger partial charge is 0.462 e. The molecule has 348 valence electrons. The normalized spacial score (nSPS) is 42.9. The predicted octanol–water partition coefficient (Wildman–Crippen LogP) is 6.05. The number of Topliss-reactive ketones (excluding diaryl/α,β-unsaturated/α-hetero) is 1. The fourth-order valence-electron chi connectivity index (χ4n) is 12.0. The minimum atomic E-state index is -1.04. The monoisotopic (exact) mass is 876 g/mol. The number of hydrogen-bond acceptors (Lipinski definition) is 13. The van der Waals surface area contributed by atoms with Gasteiger partial charge < -0.3 is 53.2 Å². The van der Waals surface area contributed by atoms with Crippen LogP contribution < -0.4 is 5.32 Å². The molecule has 0 amide bonds. The third-order valence-electron chi connectivity index (χ3n) is 15.1. The Morgan fingerprint density at radius 2 is 1.55 bits per heavy atom. The number of nitrogens with one attached hydrogen (secondary N) is 1. The second-order valence-electron chi connectivity index (χ2n) is 18.9. The Balaban J connectivity index is 1.22. The van der Waals surface area contributed by atoms with Gasteiger partial charge >= 0.3 is 5.97 Å². The lowest BCUT2D eigenvalue weighted by atomic mass is 9.62. The van der Waals surface area contributed by atoms with Gasteiger partial charge in [-0.25, -0.2) is 8.78 Å². The molecule has 13 nitrogen and oxygen atoms in total. The van der Waals surface area contributed by atoms with Crippen molar-refractivity contribution in [3.63, 3.8) is 0 Å². The number of cyclic esters (lactones) is 1. The maximum absolute atomic E-state index is 15.1. The highest BCUT2D eigenvalue weighted by molar-refractivity contribution is 5.99. The highest BCUT2D eigenvalue weighted by Gasteiger charge is 2.60. The van der Waals surface area contributed by atoms with E-state index in [4.69, 9.17) is 37.9 Å². The SMILES string of the molecule is CC[C@H]1CCC[C@H](O[C@H]2CC[C@H](N(C)C)C(C)O2)[C@@H](C)C(=O)C2=C[C@H]3[C@@H]4C[C@H](O[C@@H]5OC(C)[C@H](OC)C(OC)[C@@H]5OC)C[C@H]4[C@@H](O)[C@H](Nc4cc(F)cc(F)c4)[C@H]3[C@@H]2CC(=O)O1. The maximum atomic E-state index is 15.1. The molecule has 1 aromatic rings. The number of carbonyl (C=O) groups excluding carboxylic acids is 2. The Morgan fingerprint density at radius 3 is 2.19 bits per heavy atom. The first-order chi connectivity index (χ1) is 29.6. The number of benzene rings is 1. The standard InChI is InChI=1S/C47H70F2N2O11/c1-10-29-12-11-13-37(62-39-15-14-36(51(5)6)24(3)58-39)23(2)42(53)35-21-32-31-19-30(61-47-46(57-9)45(56-8)44(55-7)25(4)59-47)20-34(31)43(54)41(40(32)33(35)22-38(52)60-29)50-28-17-26(48)16-27(49)18-28/h16-18,21,23-25,29-34,36-37,39-41,43-47,50,54H,10-15,19-20,22H2,1-9H3/t23-,24?,25?,29+,30+,31+,32+,33-,34-,36+,37+,39+,40-,41-,43-,44+,45?,46+,47+/m1/s1. The van der Waals surface area contributed by atoms with Crippen molar-refractivity contribution in [2.24, 2.45) is 35.5 Å². The van der Waals surface area contributed by atoms with E-state index in [9.17, 15) is 18.7 Å². The van der Waals surface area contributed by atoms with Crippen molar-refractivity contribution < 1.29 is 61.4 Å². The first-order valence-corrected chi connectivity index (χ1v) is 22.9. The van der Waals surface area contributed by atoms with Crippen molar-refractivity contribution in [1.29, 1.82) is 0 Å². The molecule has 3 aliphatic carbocycles. The molecular weight excluding hydrogens is 807 g/mol. The Bertz CT molecular complexity index is 1720. The number of fused-ring (bicyclic) bond motifs is 5. The van der Waals surface area contributed by atoms with Gasteiger partial charge in [-0.3, -0.25) is 9.59 Å². The molecule has 1 aromatic carbocycles. The third kappa shape index (κ3) is 9.81. The molecule has 6 aliphatic rings. The summed E-state index contributed by atoms with van der Waals surface area (Å²) in [5.41, 5.74) is 0.658. The minimum Gasteiger partial charge on any atom is -0.462 e. The average Bonchev–Trinajstić information content (AvgIpc) is 3.81. The summed E-state index contributed by atoms with van der Waals surface area (Å²) < 4.78 is 79.2. The van der Waals surface area contributed by atoms with Gasteiger partial charge in [-0.1, -0.05) is 19.9 Å². The molecule has 0 aromatic heterocycles. The summed E-state index contributed by atoms with van der Waals surface area (Å²) in [4.78, 5) is 31.3.